The van der Waals surface area contributed by atoms with Gasteiger partial charge in [0.15, 0.2) is 11.2 Å². The second kappa shape index (κ2) is 6.41. The molecule has 2 aromatic rings. The molecule has 7 heteroatoms. The number of hydrogen-bond donors (Lipinski definition) is 1. The first-order valence-electron chi connectivity index (χ1n) is 7.39. The Morgan fingerprint density at radius 3 is 3.00 bits per heavy atom. The van der Waals surface area contributed by atoms with Crippen molar-refractivity contribution in [3.8, 4) is 5.88 Å². The van der Waals surface area contributed by atoms with Gasteiger partial charge in [0.2, 0.25) is 5.88 Å². The Balaban J connectivity index is 1.84. The molecule has 0 saturated carbocycles. The third-order valence-electron chi connectivity index (χ3n) is 3.64. The molecule has 3 rings (SSSR count). The minimum absolute atomic E-state index is 0.0369. The van der Waals surface area contributed by atoms with E-state index in [0.29, 0.717) is 23.7 Å². The molecule has 0 radical (unpaired) electrons. The van der Waals surface area contributed by atoms with Gasteiger partial charge in [-0.1, -0.05) is 5.57 Å². The molecule has 0 spiro atoms. The summed E-state index contributed by atoms with van der Waals surface area (Å²) < 4.78 is 13.3. The van der Waals surface area contributed by atoms with Crippen LogP contribution in [0.15, 0.2) is 24.3 Å². The molecule has 0 aliphatic carbocycles. The fraction of sp³-hybridized carbons (Fsp3) is 0.533. The van der Waals surface area contributed by atoms with E-state index < -0.39 is 0 Å². The summed E-state index contributed by atoms with van der Waals surface area (Å²) >= 11 is 0. The Morgan fingerprint density at radius 2 is 2.27 bits per heavy atom. The number of aliphatic hydroxyl groups is 1. The van der Waals surface area contributed by atoms with Crippen molar-refractivity contribution in [3.63, 3.8) is 0 Å². The van der Waals surface area contributed by atoms with Crippen molar-refractivity contribution in [2.45, 2.75) is 39.0 Å². The Labute approximate surface area is 128 Å². The first-order valence-corrected chi connectivity index (χ1v) is 7.39. The number of ether oxygens (including phenoxy) is 2. The summed E-state index contributed by atoms with van der Waals surface area (Å²) in [7, 11) is 0. The summed E-state index contributed by atoms with van der Waals surface area (Å²) in [6.07, 6.45) is 6.54. The summed E-state index contributed by atoms with van der Waals surface area (Å²) in [6, 6.07) is 0. The molecule has 1 aliphatic heterocycles. The van der Waals surface area contributed by atoms with Crippen LogP contribution in [0, 0.1) is 0 Å². The molecular formula is C15H20N4O3. The Morgan fingerprint density at radius 1 is 1.41 bits per heavy atom. The van der Waals surface area contributed by atoms with Gasteiger partial charge in [0, 0.05) is 0 Å². The van der Waals surface area contributed by atoms with Crippen LogP contribution in [0.2, 0.25) is 0 Å². The van der Waals surface area contributed by atoms with Gasteiger partial charge >= 0.3 is 0 Å². The predicted molar refractivity (Wildman–Crippen MR) is 80.5 cm³/mol. The number of aromatic nitrogens is 4. The molecule has 0 amide bonds. The maximum Gasteiger partial charge on any atom is 0.245 e. The van der Waals surface area contributed by atoms with Crippen LogP contribution in [0.5, 0.6) is 5.88 Å². The van der Waals surface area contributed by atoms with E-state index in [2.05, 4.69) is 15.0 Å². The summed E-state index contributed by atoms with van der Waals surface area (Å²) in [4.78, 5) is 12.8. The second-order valence-electron chi connectivity index (χ2n) is 5.57. The lowest BCUT2D eigenvalue weighted by Gasteiger charge is -2.13. The van der Waals surface area contributed by atoms with Crippen LogP contribution >= 0.6 is 0 Å². The molecular weight excluding hydrogens is 284 g/mol. The average Bonchev–Trinajstić information content (AvgIpc) is 3.13. The van der Waals surface area contributed by atoms with Gasteiger partial charge in [-0.25, -0.2) is 9.97 Å². The number of aliphatic hydroxyl groups excluding tert-OH is 1. The molecule has 0 unspecified atom stereocenters. The predicted octanol–water partition coefficient (Wildman–Crippen LogP) is 1.84. The van der Waals surface area contributed by atoms with Crippen molar-refractivity contribution in [2.24, 2.45) is 0 Å². The number of rotatable bonds is 5. The largest absolute Gasteiger partial charge is 0.472 e. The lowest BCUT2D eigenvalue weighted by molar-refractivity contribution is -0.0207. The molecule has 3 heterocycles. The SMILES string of the molecule is CC(C)=CCOc1ncnc2c1ncn2[C@H]1CC[C@@H](CO)O1. The minimum atomic E-state index is -0.150. The monoisotopic (exact) mass is 304 g/mol. The summed E-state index contributed by atoms with van der Waals surface area (Å²) in [5, 5.41) is 9.18. The van der Waals surface area contributed by atoms with Crippen LogP contribution < -0.4 is 4.74 Å². The van der Waals surface area contributed by atoms with Crippen molar-refractivity contribution in [2.75, 3.05) is 13.2 Å². The van der Waals surface area contributed by atoms with Crippen molar-refractivity contribution >= 4 is 11.2 Å². The zero-order valence-corrected chi connectivity index (χ0v) is 12.8. The van der Waals surface area contributed by atoms with Crippen LogP contribution in [0.4, 0.5) is 0 Å². The van der Waals surface area contributed by atoms with Crippen molar-refractivity contribution in [1.29, 1.82) is 0 Å². The third kappa shape index (κ3) is 2.95. The topological polar surface area (TPSA) is 82.3 Å². The first kappa shape index (κ1) is 14.9. The zero-order valence-electron chi connectivity index (χ0n) is 12.8. The van der Waals surface area contributed by atoms with Crippen LogP contribution in [0.1, 0.15) is 32.9 Å². The van der Waals surface area contributed by atoms with Gasteiger partial charge in [-0.3, -0.25) is 4.57 Å². The highest BCUT2D eigenvalue weighted by Gasteiger charge is 2.27. The van der Waals surface area contributed by atoms with Crippen LogP contribution in [0.25, 0.3) is 11.2 Å². The summed E-state index contributed by atoms with van der Waals surface area (Å²) in [5.41, 5.74) is 2.50. The molecule has 0 aromatic carbocycles. The molecule has 1 N–H and O–H groups in total. The quantitative estimate of drug-likeness (QED) is 0.849. The van der Waals surface area contributed by atoms with Crippen molar-refractivity contribution in [1.82, 2.24) is 19.5 Å². The Hall–Kier alpha value is -1.99. The lowest BCUT2D eigenvalue weighted by Crippen LogP contribution is -2.14. The maximum absolute atomic E-state index is 9.18. The van der Waals surface area contributed by atoms with Gasteiger partial charge in [0.05, 0.1) is 19.0 Å². The Kier molecular flexibility index (Phi) is 4.35. The molecule has 1 fully saturated rings. The number of imidazole rings is 1. The lowest BCUT2D eigenvalue weighted by atomic mass is 10.2. The first-order chi connectivity index (χ1) is 10.7. The molecule has 0 bridgehead atoms. The molecule has 2 atom stereocenters. The fourth-order valence-electron chi connectivity index (χ4n) is 2.46. The number of allylic oxidation sites excluding steroid dienone is 1. The smallest absolute Gasteiger partial charge is 0.245 e. The van der Waals surface area contributed by atoms with Crippen molar-refractivity contribution < 1.29 is 14.6 Å². The van der Waals surface area contributed by atoms with E-state index in [1.807, 2.05) is 24.5 Å². The number of nitrogens with zero attached hydrogens (tertiary/aromatic N) is 4. The van der Waals surface area contributed by atoms with E-state index >= 15 is 0 Å². The average molecular weight is 304 g/mol. The van der Waals surface area contributed by atoms with Gasteiger partial charge in [0.1, 0.15) is 19.2 Å². The van der Waals surface area contributed by atoms with Crippen LogP contribution in [-0.4, -0.2) is 43.9 Å². The van der Waals surface area contributed by atoms with E-state index in [1.54, 1.807) is 6.33 Å². The van der Waals surface area contributed by atoms with E-state index in [4.69, 9.17) is 9.47 Å². The normalized spacial score (nSPS) is 21.2. The maximum atomic E-state index is 9.18. The van der Waals surface area contributed by atoms with Gasteiger partial charge in [-0.2, -0.15) is 4.98 Å². The van der Waals surface area contributed by atoms with Gasteiger partial charge in [0.25, 0.3) is 0 Å². The van der Waals surface area contributed by atoms with Gasteiger partial charge < -0.3 is 14.6 Å². The van der Waals surface area contributed by atoms with Crippen LogP contribution in [-0.2, 0) is 4.74 Å². The summed E-state index contributed by atoms with van der Waals surface area (Å²) in [5.74, 6) is 0.470. The molecule has 1 saturated heterocycles. The van der Waals surface area contributed by atoms with E-state index in [0.717, 1.165) is 12.8 Å². The zero-order chi connectivity index (χ0) is 15.5. The summed E-state index contributed by atoms with van der Waals surface area (Å²) in [6.45, 7) is 4.52. The molecule has 1 aliphatic rings. The molecule has 118 valence electrons. The number of fused-ring (bicyclic) bond motifs is 1. The number of hydrogen-bond acceptors (Lipinski definition) is 6. The highest BCUT2D eigenvalue weighted by molar-refractivity contribution is 5.76. The third-order valence-corrected chi connectivity index (χ3v) is 3.64. The highest BCUT2D eigenvalue weighted by Crippen LogP contribution is 2.31. The van der Waals surface area contributed by atoms with Crippen molar-refractivity contribution in [3.05, 3.63) is 24.3 Å². The Bertz CT molecular complexity index is 678. The molecule has 7 nitrogen and oxygen atoms in total. The molecule has 2 aromatic heterocycles. The fourth-order valence-corrected chi connectivity index (χ4v) is 2.46. The second-order valence-corrected chi connectivity index (χ2v) is 5.57. The van der Waals surface area contributed by atoms with E-state index in [1.165, 1.54) is 11.9 Å². The standard InChI is InChI=1S/C15H20N4O3/c1-10(2)5-6-21-15-13-14(16-8-17-15)19(9-18-13)12-4-3-11(7-20)22-12/h5,8-9,11-12,20H,3-4,6-7H2,1-2H3/t11-,12+/m0/s1. The van der Waals surface area contributed by atoms with E-state index in [-0.39, 0.29) is 18.9 Å². The highest BCUT2D eigenvalue weighted by atomic mass is 16.5. The minimum Gasteiger partial charge on any atom is -0.472 e. The van der Waals surface area contributed by atoms with E-state index in [9.17, 15) is 5.11 Å². The molecule has 22 heavy (non-hydrogen) atoms. The van der Waals surface area contributed by atoms with Crippen LogP contribution in [0.3, 0.4) is 0 Å². The van der Waals surface area contributed by atoms with Gasteiger partial charge in [-0.15, -0.1) is 0 Å². The van der Waals surface area contributed by atoms with Gasteiger partial charge in [-0.05, 0) is 32.8 Å².